The molecule has 10 aromatic carbocycles. The van der Waals surface area contributed by atoms with Crippen molar-refractivity contribution >= 4 is 70.9 Å². The van der Waals surface area contributed by atoms with Gasteiger partial charge in [0, 0.05) is 27.6 Å². The molecule has 0 N–H and O–H groups in total. The second-order valence-electron chi connectivity index (χ2n) is 15.3. The number of nitrogens with zero attached hydrogens (tertiary/aromatic N) is 1. The summed E-state index contributed by atoms with van der Waals surface area (Å²) in [5.41, 5.74) is 11.4. The molecule has 0 spiro atoms. The number of hydrogen-bond donors (Lipinski definition) is 0. The van der Waals surface area contributed by atoms with Gasteiger partial charge in [-0.2, -0.15) is 0 Å². The summed E-state index contributed by atoms with van der Waals surface area (Å²) < 4.78 is 0. The van der Waals surface area contributed by atoms with E-state index in [0.29, 0.717) is 0 Å². The Kier molecular flexibility index (Phi) is 6.66. The maximum absolute atomic E-state index is 2.52. The Labute approximate surface area is 315 Å². The van der Waals surface area contributed by atoms with E-state index in [1.165, 1.54) is 92.9 Å². The van der Waals surface area contributed by atoms with E-state index in [9.17, 15) is 0 Å². The Balaban J connectivity index is 1.26. The molecule has 11 rings (SSSR count). The molecule has 54 heavy (non-hydrogen) atoms. The summed E-state index contributed by atoms with van der Waals surface area (Å²) >= 11 is 0. The molecular formula is C53H37N. The van der Waals surface area contributed by atoms with Gasteiger partial charge in [0.2, 0.25) is 0 Å². The molecule has 0 radical (unpaired) electrons. The molecule has 10 aromatic rings. The van der Waals surface area contributed by atoms with Crippen molar-refractivity contribution in [3.05, 3.63) is 199 Å². The van der Waals surface area contributed by atoms with Gasteiger partial charge in [-0.25, -0.2) is 0 Å². The molecule has 1 aliphatic carbocycles. The maximum Gasteiger partial charge on any atom is 0.0618 e. The molecule has 0 atom stereocenters. The number of rotatable bonds is 4. The highest BCUT2D eigenvalue weighted by molar-refractivity contribution is 6.25. The highest BCUT2D eigenvalue weighted by Crippen LogP contribution is 2.55. The van der Waals surface area contributed by atoms with Crippen LogP contribution in [-0.2, 0) is 5.41 Å². The minimum absolute atomic E-state index is 0.126. The normalized spacial score (nSPS) is 13.1. The smallest absolute Gasteiger partial charge is 0.0618 e. The molecule has 0 heterocycles. The van der Waals surface area contributed by atoms with E-state index in [0.717, 1.165) is 11.4 Å². The van der Waals surface area contributed by atoms with Gasteiger partial charge < -0.3 is 4.90 Å². The van der Waals surface area contributed by atoms with Crippen molar-refractivity contribution in [1.82, 2.24) is 0 Å². The van der Waals surface area contributed by atoms with Crippen molar-refractivity contribution in [3.63, 3.8) is 0 Å². The topological polar surface area (TPSA) is 3.24 Å². The van der Waals surface area contributed by atoms with Crippen LogP contribution in [0.3, 0.4) is 0 Å². The lowest BCUT2D eigenvalue weighted by atomic mass is 9.79. The zero-order chi connectivity index (χ0) is 36.0. The van der Waals surface area contributed by atoms with Gasteiger partial charge in [0.25, 0.3) is 0 Å². The highest BCUT2D eigenvalue weighted by atomic mass is 15.1. The average molecular weight is 688 g/mol. The molecule has 1 heteroatoms. The van der Waals surface area contributed by atoms with Crippen LogP contribution < -0.4 is 4.90 Å². The van der Waals surface area contributed by atoms with Gasteiger partial charge in [0.05, 0.1) is 5.69 Å². The number of fused-ring (bicyclic) bond motifs is 9. The van der Waals surface area contributed by atoms with Crippen molar-refractivity contribution in [2.24, 2.45) is 0 Å². The Morgan fingerprint density at radius 1 is 0.333 bits per heavy atom. The molecule has 0 fully saturated rings. The van der Waals surface area contributed by atoms with Crippen molar-refractivity contribution in [2.45, 2.75) is 19.3 Å². The highest BCUT2D eigenvalue weighted by Gasteiger charge is 2.37. The Bertz CT molecular complexity index is 3010. The van der Waals surface area contributed by atoms with E-state index in [1.54, 1.807) is 0 Å². The van der Waals surface area contributed by atoms with Crippen molar-refractivity contribution in [3.8, 4) is 22.3 Å². The molecule has 0 aliphatic heterocycles. The van der Waals surface area contributed by atoms with Crippen LogP contribution in [0.2, 0.25) is 0 Å². The van der Waals surface area contributed by atoms with Crippen molar-refractivity contribution < 1.29 is 0 Å². The zero-order valence-electron chi connectivity index (χ0n) is 30.3. The Hall–Kier alpha value is -6.70. The van der Waals surface area contributed by atoms with E-state index in [2.05, 4.69) is 207 Å². The minimum Gasteiger partial charge on any atom is -0.309 e. The predicted octanol–water partition coefficient (Wildman–Crippen LogP) is 14.9. The van der Waals surface area contributed by atoms with E-state index in [-0.39, 0.29) is 5.41 Å². The summed E-state index contributed by atoms with van der Waals surface area (Å²) in [6, 6.07) is 69.8. The van der Waals surface area contributed by atoms with Crippen LogP contribution in [0.1, 0.15) is 25.0 Å². The summed E-state index contributed by atoms with van der Waals surface area (Å²) in [6.45, 7) is 4.78. The second kappa shape index (κ2) is 11.7. The molecule has 0 saturated carbocycles. The van der Waals surface area contributed by atoms with Gasteiger partial charge in [0.1, 0.15) is 0 Å². The molecule has 0 bridgehead atoms. The molecular weight excluding hydrogens is 651 g/mol. The standard InChI is InChI=1S/C53H37N/c1-53(2)48-26-14-13-25-46(48)51-41-20-8-7-19-40(41)47(33-49(51)53)50-42-21-9-11-23-44(42)52(45-24-12-10-22-43(45)50)54(38-29-27-34-15-3-5-17-36(34)31-38)39-30-28-35-16-4-6-18-37(35)32-39/h3-33H,1-2H3. The third kappa shape index (κ3) is 4.45. The maximum atomic E-state index is 2.52. The molecule has 0 unspecified atom stereocenters. The van der Waals surface area contributed by atoms with E-state index in [1.807, 2.05) is 0 Å². The molecule has 0 amide bonds. The third-order valence-electron chi connectivity index (χ3n) is 12.0. The van der Waals surface area contributed by atoms with Crippen LogP contribution in [-0.4, -0.2) is 0 Å². The van der Waals surface area contributed by atoms with E-state index < -0.39 is 0 Å². The fourth-order valence-electron chi connectivity index (χ4n) is 9.43. The third-order valence-corrected chi connectivity index (χ3v) is 12.0. The summed E-state index contributed by atoms with van der Waals surface area (Å²) in [5.74, 6) is 0. The monoisotopic (exact) mass is 687 g/mol. The molecule has 0 saturated heterocycles. The quantitative estimate of drug-likeness (QED) is 0.167. The Morgan fingerprint density at radius 3 is 1.35 bits per heavy atom. The fourth-order valence-corrected chi connectivity index (χ4v) is 9.43. The molecule has 1 nitrogen and oxygen atoms in total. The molecule has 254 valence electrons. The first-order valence-electron chi connectivity index (χ1n) is 18.9. The largest absolute Gasteiger partial charge is 0.309 e. The SMILES string of the molecule is CC1(C)c2ccccc2-c2c1cc(-c1c3ccccc3c(N(c3ccc4ccccc4c3)c3ccc4ccccc4c3)c3ccccc13)c1ccccc21. The zero-order valence-corrected chi connectivity index (χ0v) is 30.3. The average Bonchev–Trinajstić information content (AvgIpc) is 3.46. The summed E-state index contributed by atoms with van der Waals surface area (Å²) in [5, 5.41) is 12.4. The van der Waals surface area contributed by atoms with Gasteiger partial charge in [-0.05, 0) is 107 Å². The summed E-state index contributed by atoms with van der Waals surface area (Å²) in [6.07, 6.45) is 0. The van der Waals surface area contributed by atoms with E-state index >= 15 is 0 Å². The fraction of sp³-hybridized carbons (Fsp3) is 0.0566. The minimum atomic E-state index is -0.126. The van der Waals surface area contributed by atoms with Gasteiger partial charge in [-0.3, -0.25) is 0 Å². The molecule has 1 aliphatic rings. The van der Waals surface area contributed by atoms with Gasteiger partial charge in [0.15, 0.2) is 0 Å². The summed E-state index contributed by atoms with van der Waals surface area (Å²) in [4.78, 5) is 2.49. The number of anilines is 3. The Morgan fingerprint density at radius 2 is 0.778 bits per heavy atom. The second-order valence-corrected chi connectivity index (χ2v) is 15.3. The first kappa shape index (κ1) is 30.9. The first-order valence-corrected chi connectivity index (χ1v) is 18.9. The van der Waals surface area contributed by atoms with Crippen LogP contribution in [0, 0.1) is 0 Å². The van der Waals surface area contributed by atoms with Crippen LogP contribution in [0.5, 0.6) is 0 Å². The lowest BCUT2D eigenvalue weighted by molar-refractivity contribution is 0.661. The van der Waals surface area contributed by atoms with Crippen LogP contribution >= 0.6 is 0 Å². The summed E-state index contributed by atoms with van der Waals surface area (Å²) in [7, 11) is 0. The van der Waals surface area contributed by atoms with Crippen molar-refractivity contribution in [1.29, 1.82) is 0 Å². The number of benzene rings is 10. The number of hydrogen-bond acceptors (Lipinski definition) is 1. The lowest BCUT2D eigenvalue weighted by Gasteiger charge is -2.30. The van der Waals surface area contributed by atoms with E-state index in [4.69, 9.17) is 0 Å². The molecule has 0 aromatic heterocycles. The van der Waals surface area contributed by atoms with Crippen molar-refractivity contribution in [2.75, 3.05) is 4.90 Å². The van der Waals surface area contributed by atoms with Crippen LogP contribution in [0.15, 0.2) is 188 Å². The van der Waals surface area contributed by atoms with Crippen LogP contribution in [0.25, 0.3) is 76.1 Å². The van der Waals surface area contributed by atoms with Crippen LogP contribution in [0.4, 0.5) is 17.1 Å². The first-order chi connectivity index (χ1) is 26.6. The van der Waals surface area contributed by atoms with Gasteiger partial charge in [-0.1, -0.05) is 172 Å². The van der Waals surface area contributed by atoms with Gasteiger partial charge in [-0.15, -0.1) is 0 Å². The van der Waals surface area contributed by atoms with Gasteiger partial charge >= 0.3 is 0 Å². The lowest BCUT2D eigenvalue weighted by Crippen LogP contribution is -2.15. The predicted molar refractivity (Wildman–Crippen MR) is 232 cm³/mol.